The van der Waals surface area contributed by atoms with E-state index in [1.54, 1.807) is 14.2 Å². The number of methoxy groups -OCH3 is 2. The largest absolute Gasteiger partial charge is 0.493 e. The summed E-state index contributed by atoms with van der Waals surface area (Å²) in [6.07, 6.45) is 0. The topological polar surface area (TPSA) is 33.7 Å². The molecule has 0 bridgehead atoms. The Bertz CT molecular complexity index is 383. The minimum absolute atomic E-state index is 0.589. The molecule has 0 radical (unpaired) electrons. The standard InChI is InChI=1S/C13H21ClN2O2/c1-16(2)8-7-15-9-10-5-6-11(17-3)13(18-4)12(10)14/h5-6,15H,7-9H2,1-4H3. The van der Waals surface area contributed by atoms with Crippen molar-refractivity contribution in [3.05, 3.63) is 22.7 Å². The van der Waals surface area contributed by atoms with Gasteiger partial charge >= 0.3 is 0 Å². The van der Waals surface area contributed by atoms with E-state index in [1.807, 2.05) is 26.2 Å². The molecule has 5 heteroatoms. The number of benzene rings is 1. The molecule has 0 aromatic heterocycles. The van der Waals surface area contributed by atoms with Gasteiger partial charge in [0.25, 0.3) is 0 Å². The van der Waals surface area contributed by atoms with Crippen molar-refractivity contribution in [3.8, 4) is 11.5 Å². The quantitative estimate of drug-likeness (QED) is 0.770. The average molecular weight is 273 g/mol. The smallest absolute Gasteiger partial charge is 0.179 e. The predicted octanol–water partition coefficient (Wildman–Crippen LogP) is 2.01. The van der Waals surface area contributed by atoms with Crippen LogP contribution in [0.2, 0.25) is 5.02 Å². The second-order valence-corrected chi connectivity index (χ2v) is 4.63. The van der Waals surface area contributed by atoms with Crippen molar-refractivity contribution in [1.82, 2.24) is 10.2 Å². The second-order valence-electron chi connectivity index (χ2n) is 4.25. The van der Waals surface area contributed by atoms with Gasteiger partial charge in [0.2, 0.25) is 0 Å². The van der Waals surface area contributed by atoms with E-state index in [0.717, 1.165) is 18.7 Å². The lowest BCUT2D eigenvalue weighted by Gasteiger charge is -2.14. The summed E-state index contributed by atoms with van der Waals surface area (Å²) >= 11 is 6.28. The molecule has 0 heterocycles. The summed E-state index contributed by atoms with van der Waals surface area (Å²) in [6, 6.07) is 3.82. The lowest BCUT2D eigenvalue weighted by atomic mass is 10.2. The third-order valence-corrected chi connectivity index (χ3v) is 3.03. The molecule has 0 aliphatic heterocycles. The SMILES string of the molecule is COc1ccc(CNCCN(C)C)c(Cl)c1OC. The van der Waals surface area contributed by atoms with Crippen molar-refractivity contribution in [1.29, 1.82) is 0 Å². The first-order chi connectivity index (χ1) is 8.60. The molecule has 0 spiro atoms. The summed E-state index contributed by atoms with van der Waals surface area (Å²) < 4.78 is 10.5. The Morgan fingerprint density at radius 1 is 1.22 bits per heavy atom. The number of nitrogens with one attached hydrogen (secondary N) is 1. The van der Waals surface area contributed by atoms with Gasteiger partial charge in [0.15, 0.2) is 11.5 Å². The third kappa shape index (κ3) is 4.05. The zero-order valence-electron chi connectivity index (χ0n) is 11.4. The highest BCUT2D eigenvalue weighted by atomic mass is 35.5. The van der Waals surface area contributed by atoms with Crippen LogP contribution >= 0.6 is 11.6 Å². The number of rotatable bonds is 7. The van der Waals surface area contributed by atoms with Crippen LogP contribution in [0.15, 0.2) is 12.1 Å². The minimum Gasteiger partial charge on any atom is -0.493 e. The van der Waals surface area contributed by atoms with Crippen molar-refractivity contribution in [2.45, 2.75) is 6.54 Å². The lowest BCUT2D eigenvalue weighted by molar-refractivity contribution is 0.354. The zero-order valence-corrected chi connectivity index (χ0v) is 12.2. The van der Waals surface area contributed by atoms with Gasteiger partial charge in [-0.1, -0.05) is 17.7 Å². The molecule has 1 rings (SSSR count). The van der Waals surface area contributed by atoms with Crippen LogP contribution in [0, 0.1) is 0 Å². The molecule has 1 N–H and O–H groups in total. The fourth-order valence-corrected chi connectivity index (χ4v) is 1.89. The first kappa shape index (κ1) is 15.1. The molecule has 0 unspecified atom stereocenters. The molecule has 0 saturated heterocycles. The number of halogens is 1. The molecule has 18 heavy (non-hydrogen) atoms. The van der Waals surface area contributed by atoms with E-state index < -0.39 is 0 Å². The van der Waals surface area contributed by atoms with Crippen LogP contribution < -0.4 is 14.8 Å². The maximum atomic E-state index is 6.28. The maximum Gasteiger partial charge on any atom is 0.179 e. The van der Waals surface area contributed by atoms with Crippen LogP contribution in [-0.4, -0.2) is 46.3 Å². The third-order valence-electron chi connectivity index (χ3n) is 2.62. The van der Waals surface area contributed by atoms with Crippen LogP contribution in [-0.2, 0) is 6.54 Å². The molecular weight excluding hydrogens is 252 g/mol. The number of likely N-dealkylation sites (N-methyl/N-ethyl adjacent to an activating group) is 1. The van der Waals surface area contributed by atoms with Crippen molar-refractivity contribution < 1.29 is 9.47 Å². The predicted molar refractivity (Wildman–Crippen MR) is 74.8 cm³/mol. The van der Waals surface area contributed by atoms with Gasteiger partial charge in [0.1, 0.15) is 0 Å². The number of hydrogen-bond donors (Lipinski definition) is 1. The summed E-state index contributed by atoms with van der Waals surface area (Å²) in [5.74, 6) is 1.24. The lowest BCUT2D eigenvalue weighted by Crippen LogP contribution is -2.26. The summed E-state index contributed by atoms with van der Waals surface area (Å²) in [4.78, 5) is 2.13. The number of hydrogen-bond acceptors (Lipinski definition) is 4. The highest BCUT2D eigenvalue weighted by Gasteiger charge is 2.12. The van der Waals surface area contributed by atoms with Crippen molar-refractivity contribution in [2.75, 3.05) is 41.4 Å². The Balaban J connectivity index is 2.66. The number of nitrogens with zero attached hydrogens (tertiary/aromatic N) is 1. The molecule has 0 aliphatic rings. The molecule has 0 amide bonds. The second kappa shape index (κ2) is 7.46. The van der Waals surface area contributed by atoms with Crippen LogP contribution in [0.5, 0.6) is 11.5 Å². The van der Waals surface area contributed by atoms with E-state index in [0.29, 0.717) is 23.1 Å². The van der Waals surface area contributed by atoms with Crippen molar-refractivity contribution >= 4 is 11.6 Å². The van der Waals surface area contributed by atoms with Gasteiger partial charge in [-0.15, -0.1) is 0 Å². The fraction of sp³-hybridized carbons (Fsp3) is 0.538. The van der Waals surface area contributed by atoms with E-state index in [2.05, 4.69) is 10.2 Å². The summed E-state index contributed by atoms with van der Waals surface area (Å²) in [5.41, 5.74) is 1.01. The van der Waals surface area contributed by atoms with Crippen molar-refractivity contribution in [2.24, 2.45) is 0 Å². The van der Waals surface area contributed by atoms with Gasteiger partial charge in [-0.3, -0.25) is 0 Å². The van der Waals surface area contributed by atoms with E-state index >= 15 is 0 Å². The minimum atomic E-state index is 0.589. The zero-order chi connectivity index (χ0) is 13.5. The normalized spacial score (nSPS) is 10.8. The fourth-order valence-electron chi connectivity index (χ4n) is 1.59. The van der Waals surface area contributed by atoms with Crippen molar-refractivity contribution in [3.63, 3.8) is 0 Å². The van der Waals surface area contributed by atoms with Crippen LogP contribution in [0.3, 0.4) is 0 Å². The van der Waals surface area contributed by atoms with Gasteiger partial charge in [0.05, 0.1) is 19.2 Å². The molecule has 102 valence electrons. The van der Waals surface area contributed by atoms with Gasteiger partial charge in [-0.2, -0.15) is 0 Å². The maximum absolute atomic E-state index is 6.28. The summed E-state index contributed by atoms with van der Waals surface area (Å²) in [7, 11) is 7.28. The van der Waals surface area contributed by atoms with E-state index in [-0.39, 0.29) is 0 Å². The van der Waals surface area contributed by atoms with Gasteiger partial charge < -0.3 is 19.7 Å². The Labute approximate surface area is 114 Å². The van der Waals surface area contributed by atoms with E-state index in [9.17, 15) is 0 Å². The molecule has 0 fully saturated rings. The Kier molecular flexibility index (Phi) is 6.25. The molecular formula is C13H21ClN2O2. The molecule has 0 aliphatic carbocycles. The molecule has 0 saturated carbocycles. The van der Waals surface area contributed by atoms with Crippen LogP contribution in [0.25, 0.3) is 0 Å². The van der Waals surface area contributed by atoms with Gasteiger partial charge in [-0.25, -0.2) is 0 Å². The number of ether oxygens (including phenoxy) is 2. The van der Waals surface area contributed by atoms with E-state index in [1.165, 1.54) is 0 Å². The Morgan fingerprint density at radius 2 is 1.94 bits per heavy atom. The first-order valence-corrected chi connectivity index (χ1v) is 6.22. The first-order valence-electron chi connectivity index (χ1n) is 5.85. The highest BCUT2D eigenvalue weighted by Crippen LogP contribution is 2.37. The van der Waals surface area contributed by atoms with E-state index in [4.69, 9.17) is 21.1 Å². The van der Waals surface area contributed by atoms with Crippen LogP contribution in [0.4, 0.5) is 0 Å². The molecule has 4 nitrogen and oxygen atoms in total. The van der Waals surface area contributed by atoms with Crippen LogP contribution in [0.1, 0.15) is 5.56 Å². The molecule has 1 aromatic rings. The van der Waals surface area contributed by atoms with Gasteiger partial charge in [0, 0.05) is 19.6 Å². The summed E-state index contributed by atoms with van der Waals surface area (Å²) in [5, 5.41) is 3.95. The summed E-state index contributed by atoms with van der Waals surface area (Å²) in [6.45, 7) is 2.62. The molecule has 1 aromatic carbocycles. The molecule has 0 atom stereocenters. The highest BCUT2D eigenvalue weighted by molar-refractivity contribution is 6.33. The monoisotopic (exact) mass is 272 g/mol. The Hall–Kier alpha value is -0.970. The average Bonchev–Trinajstić information content (AvgIpc) is 2.35. The Morgan fingerprint density at radius 3 is 2.50 bits per heavy atom. The van der Waals surface area contributed by atoms with Gasteiger partial charge in [-0.05, 0) is 25.7 Å².